The predicted octanol–water partition coefficient (Wildman–Crippen LogP) is 2.25. The van der Waals surface area contributed by atoms with Gasteiger partial charge in [0.05, 0.1) is 0 Å². The van der Waals surface area contributed by atoms with Crippen molar-refractivity contribution in [1.29, 1.82) is 0 Å². The Hall–Kier alpha value is -2.02. The van der Waals surface area contributed by atoms with Crippen LogP contribution in [0.5, 0.6) is 0 Å². The maximum Gasteiger partial charge on any atom is 0.269 e. The van der Waals surface area contributed by atoms with E-state index in [1.807, 2.05) is 0 Å². The second-order valence-corrected chi connectivity index (χ2v) is 5.18. The molecule has 1 amide bonds. The van der Waals surface area contributed by atoms with Gasteiger partial charge in [0.2, 0.25) is 0 Å². The van der Waals surface area contributed by atoms with Gasteiger partial charge in [-0.25, -0.2) is 8.78 Å². The molecule has 1 aromatic heterocycles. The van der Waals surface area contributed by atoms with Gasteiger partial charge in [-0.05, 0) is 48.3 Å². The average Bonchev–Trinajstić information content (AvgIpc) is 2.96. The minimum Gasteiger partial charge on any atom is -0.347 e. The number of amides is 1. The van der Waals surface area contributed by atoms with Crippen LogP contribution in [-0.4, -0.2) is 21.9 Å². The molecular weight excluding hydrogens is 284 g/mol. The third-order valence-electron chi connectivity index (χ3n) is 3.35. The molecular formula is C13H11F2N3OS. The smallest absolute Gasteiger partial charge is 0.269 e. The Labute approximate surface area is 118 Å². The Bertz CT molecular complexity index is 706. The zero-order valence-electron chi connectivity index (χ0n) is 10.3. The van der Waals surface area contributed by atoms with Crippen LogP contribution in [0.1, 0.15) is 21.6 Å². The molecule has 0 spiro atoms. The number of rotatable bonds is 2. The molecule has 3 rings (SSSR count). The lowest BCUT2D eigenvalue weighted by Gasteiger charge is -2.10. The summed E-state index contributed by atoms with van der Waals surface area (Å²) >= 11 is 4.85. The zero-order chi connectivity index (χ0) is 14.3. The van der Waals surface area contributed by atoms with Gasteiger partial charge in [0, 0.05) is 12.2 Å². The second-order valence-electron chi connectivity index (χ2n) is 4.77. The highest BCUT2D eigenvalue weighted by molar-refractivity contribution is 7.71. The van der Waals surface area contributed by atoms with Crippen LogP contribution in [0.25, 0.3) is 0 Å². The van der Waals surface area contributed by atoms with Gasteiger partial charge in [0.15, 0.2) is 16.4 Å². The number of fused-ring (bicyclic) bond motifs is 1. The second kappa shape index (κ2) is 4.82. The SMILES string of the molecule is O=C(NC1Cc2cc(F)c(F)cc2C1)c1c[nH]c(=S)[nH]1. The van der Waals surface area contributed by atoms with Crippen LogP contribution in [0.4, 0.5) is 8.78 Å². The number of H-pyrrole nitrogens is 2. The molecule has 3 N–H and O–H groups in total. The summed E-state index contributed by atoms with van der Waals surface area (Å²) in [6, 6.07) is 2.22. The Morgan fingerprint density at radius 3 is 2.35 bits per heavy atom. The molecule has 20 heavy (non-hydrogen) atoms. The molecule has 0 fully saturated rings. The molecule has 104 valence electrons. The van der Waals surface area contributed by atoms with Gasteiger partial charge in [-0.15, -0.1) is 0 Å². The zero-order valence-corrected chi connectivity index (χ0v) is 11.1. The summed E-state index contributed by atoms with van der Waals surface area (Å²) in [4.78, 5) is 17.4. The number of nitrogens with one attached hydrogen (secondary N) is 3. The summed E-state index contributed by atoms with van der Waals surface area (Å²) in [6.45, 7) is 0. The van der Waals surface area contributed by atoms with Crippen LogP contribution in [-0.2, 0) is 12.8 Å². The Balaban J connectivity index is 1.73. The lowest BCUT2D eigenvalue weighted by molar-refractivity contribution is 0.0934. The lowest BCUT2D eigenvalue weighted by atomic mass is 10.1. The van der Waals surface area contributed by atoms with Crippen molar-refractivity contribution >= 4 is 18.1 Å². The predicted molar refractivity (Wildman–Crippen MR) is 71.0 cm³/mol. The third kappa shape index (κ3) is 2.36. The molecule has 0 radical (unpaired) electrons. The molecule has 0 bridgehead atoms. The first-order valence-electron chi connectivity index (χ1n) is 6.08. The van der Waals surface area contributed by atoms with Gasteiger partial charge in [-0.2, -0.15) is 0 Å². The van der Waals surface area contributed by atoms with Crippen molar-refractivity contribution in [3.05, 3.63) is 51.6 Å². The van der Waals surface area contributed by atoms with E-state index in [0.717, 1.165) is 11.1 Å². The lowest BCUT2D eigenvalue weighted by Crippen LogP contribution is -2.35. The van der Waals surface area contributed by atoms with Crippen molar-refractivity contribution in [2.75, 3.05) is 0 Å². The molecule has 0 saturated heterocycles. The molecule has 1 aliphatic carbocycles. The number of hydrogen-bond acceptors (Lipinski definition) is 2. The maximum atomic E-state index is 13.1. The van der Waals surface area contributed by atoms with Crippen molar-refractivity contribution in [1.82, 2.24) is 15.3 Å². The molecule has 0 saturated carbocycles. The number of hydrogen-bond donors (Lipinski definition) is 3. The van der Waals surface area contributed by atoms with Crippen LogP contribution in [0.3, 0.4) is 0 Å². The minimum absolute atomic E-state index is 0.171. The number of carbonyl (C=O) groups excluding carboxylic acids is 1. The van der Waals surface area contributed by atoms with E-state index in [0.29, 0.717) is 23.3 Å². The molecule has 1 aromatic carbocycles. The molecule has 1 heterocycles. The Morgan fingerprint density at radius 1 is 1.25 bits per heavy atom. The van der Waals surface area contributed by atoms with E-state index < -0.39 is 11.6 Å². The van der Waals surface area contributed by atoms with Gasteiger partial charge in [-0.1, -0.05) is 0 Å². The normalized spacial score (nSPS) is 14.3. The number of halogens is 2. The van der Waals surface area contributed by atoms with Crippen molar-refractivity contribution in [3.8, 4) is 0 Å². The molecule has 2 aromatic rings. The van der Waals surface area contributed by atoms with Gasteiger partial charge >= 0.3 is 0 Å². The van der Waals surface area contributed by atoms with E-state index in [1.54, 1.807) is 0 Å². The van der Waals surface area contributed by atoms with Crippen LogP contribution < -0.4 is 5.32 Å². The van der Waals surface area contributed by atoms with Crippen LogP contribution >= 0.6 is 12.2 Å². The number of carbonyl (C=O) groups is 1. The van der Waals surface area contributed by atoms with E-state index in [9.17, 15) is 13.6 Å². The molecule has 0 atom stereocenters. The topological polar surface area (TPSA) is 60.7 Å². The summed E-state index contributed by atoms with van der Waals surface area (Å²) in [7, 11) is 0. The summed E-state index contributed by atoms with van der Waals surface area (Å²) in [5.41, 5.74) is 1.80. The van der Waals surface area contributed by atoms with Gasteiger partial charge in [0.25, 0.3) is 5.91 Å². The number of aromatic nitrogens is 2. The summed E-state index contributed by atoms with van der Waals surface area (Å²) < 4.78 is 26.7. The Kier molecular flexibility index (Phi) is 3.13. The third-order valence-corrected chi connectivity index (χ3v) is 3.57. The fraction of sp³-hybridized carbons (Fsp3) is 0.231. The summed E-state index contributed by atoms with van der Waals surface area (Å²) in [6.07, 6.45) is 2.46. The average molecular weight is 295 g/mol. The molecule has 1 aliphatic rings. The quantitative estimate of drug-likeness (QED) is 0.744. The fourth-order valence-electron chi connectivity index (χ4n) is 2.43. The fourth-order valence-corrected chi connectivity index (χ4v) is 2.60. The molecule has 7 heteroatoms. The number of aromatic amines is 2. The summed E-state index contributed by atoms with van der Waals surface area (Å²) in [5, 5.41) is 2.81. The van der Waals surface area contributed by atoms with E-state index in [4.69, 9.17) is 12.2 Å². The molecule has 0 unspecified atom stereocenters. The van der Waals surface area contributed by atoms with Crippen LogP contribution in [0.2, 0.25) is 0 Å². The first-order chi connectivity index (χ1) is 9.52. The summed E-state index contributed by atoms with van der Waals surface area (Å²) in [5.74, 6) is -2.01. The largest absolute Gasteiger partial charge is 0.347 e. The van der Waals surface area contributed by atoms with Crippen LogP contribution in [0, 0.1) is 16.4 Å². The van der Waals surface area contributed by atoms with Crippen molar-refractivity contribution in [2.45, 2.75) is 18.9 Å². The standard InChI is InChI=1S/C13H11F2N3OS/c14-9-3-6-1-8(2-7(6)4-10(9)15)17-12(19)11-5-16-13(20)18-11/h3-5,8H,1-2H2,(H,17,19)(H2,16,18,20). The number of benzene rings is 1. The van der Waals surface area contributed by atoms with Crippen molar-refractivity contribution < 1.29 is 13.6 Å². The molecule has 4 nitrogen and oxygen atoms in total. The van der Waals surface area contributed by atoms with Crippen molar-refractivity contribution in [3.63, 3.8) is 0 Å². The van der Waals surface area contributed by atoms with Gasteiger partial charge in [0.1, 0.15) is 5.69 Å². The van der Waals surface area contributed by atoms with Gasteiger partial charge < -0.3 is 15.3 Å². The minimum atomic E-state index is -0.856. The highest BCUT2D eigenvalue weighted by Crippen LogP contribution is 2.25. The first kappa shape index (κ1) is 13.0. The van der Waals surface area contributed by atoms with E-state index in [1.165, 1.54) is 18.3 Å². The van der Waals surface area contributed by atoms with Crippen molar-refractivity contribution in [2.24, 2.45) is 0 Å². The van der Waals surface area contributed by atoms with E-state index >= 15 is 0 Å². The van der Waals surface area contributed by atoms with E-state index in [2.05, 4.69) is 15.3 Å². The highest BCUT2D eigenvalue weighted by Gasteiger charge is 2.25. The number of imidazole rings is 1. The Morgan fingerprint density at radius 2 is 1.85 bits per heavy atom. The van der Waals surface area contributed by atoms with Gasteiger partial charge in [-0.3, -0.25) is 4.79 Å². The highest BCUT2D eigenvalue weighted by atomic mass is 32.1. The molecule has 0 aliphatic heterocycles. The first-order valence-corrected chi connectivity index (χ1v) is 6.49. The monoisotopic (exact) mass is 295 g/mol. The van der Waals surface area contributed by atoms with E-state index in [-0.39, 0.29) is 11.9 Å². The van der Waals surface area contributed by atoms with Crippen LogP contribution in [0.15, 0.2) is 18.3 Å². The maximum absolute atomic E-state index is 13.1.